The summed E-state index contributed by atoms with van der Waals surface area (Å²) in [7, 11) is 3.37. The molecule has 6 nitrogen and oxygen atoms in total. The molecule has 0 N–H and O–H groups in total. The molecule has 7 heteroatoms. The van der Waals surface area contributed by atoms with Crippen LogP contribution in [0.5, 0.6) is 5.75 Å². The summed E-state index contributed by atoms with van der Waals surface area (Å²) in [5.74, 6) is 0.140. The Labute approximate surface area is 158 Å². The molecule has 2 fully saturated rings. The van der Waals surface area contributed by atoms with Gasteiger partial charge in [-0.2, -0.15) is 5.10 Å². The maximum absolute atomic E-state index is 14.0. The fourth-order valence-corrected chi connectivity index (χ4v) is 4.39. The van der Waals surface area contributed by atoms with Crippen molar-refractivity contribution in [2.24, 2.45) is 7.05 Å². The van der Waals surface area contributed by atoms with Gasteiger partial charge in [-0.05, 0) is 36.1 Å². The minimum absolute atomic E-state index is 0.219. The summed E-state index contributed by atoms with van der Waals surface area (Å²) in [5.41, 5.74) is 2.06. The monoisotopic (exact) mass is 372 g/mol. The number of methoxy groups -OCH3 is 1. The van der Waals surface area contributed by atoms with Crippen LogP contribution >= 0.6 is 0 Å². The number of benzene rings is 1. The molecule has 144 valence electrons. The molecule has 0 unspecified atom stereocenters. The van der Waals surface area contributed by atoms with E-state index >= 15 is 0 Å². The number of nitrogens with zero attached hydrogens (tertiary/aromatic N) is 4. The predicted octanol–water partition coefficient (Wildman–Crippen LogP) is 1.99. The highest BCUT2D eigenvalue weighted by Crippen LogP contribution is 2.34. The van der Waals surface area contributed by atoms with E-state index in [1.807, 2.05) is 30.4 Å². The van der Waals surface area contributed by atoms with Crippen molar-refractivity contribution in [3.05, 3.63) is 47.5 Å². The second-order valence-corrected chi connectivity index (χ2v) is 7.43. The number of aromatic nitrogens is 2. The first-order valence-corrected chi connectivity index (χ1v) is 9.38. The van der Waals surface area contributed by atoms with Crippen LogP contribution in [0.15, 0.2) is 30.6 Å². The van der Waals surface area contributed by atoms with E-state index in [0.29, 0.717) is 13.0 Å². The van der Waals surface area contributed by atoms with Gasteiger partial charge in [-0.15, -0.1) is 0 Å². The minimum atomic E-state index is -0.341. The van der Waals surface area contributed by atoms with Crippen LogP contribution in [0.1, 0.15) is 24.0 Å². The molecule has 0 radical (unpaired) electrons. The predicted molar refractivity (Wildman–Crippen MR) is 98.8 cm³/mol. The van der Waals surface area contributed by atoms with Gasteiger partial charge < -0.3 is 9.64 Å². The first kappa shape index (κ1) is 18.0. The van der Waals surface area contributed by atoms with Gasteiger partial charge in [-0.3, -0.25) is 14.4 Å². The number of aryl methyl sites for hydroxylation is 1. The summed E-state index contributed by atoms with van der Waals surface area (Å²) in [6.07, 6.45) is 6.21. The van der Waals surface area contributed by atoms with Crippen LogP contribution < -0.4 is 4.74 Å². The molecular weight excluding hydrogens is 347 g/mol. The number of hydrogen-bond acceptors (Lipinski definition) is 4. The Morgan fingerprint density at radius 2 is 2.15 bits per heavy atom. The molecule has 2 atom stereocenters. The van der Waals surface area contributed by atoms with Crippen molar-refractivity contribution in [2.45, 2.75) is 37.9 Å². The van der Waals surface area contributed by atoms with Crippen molar-refractivity contribution >= 4 is 5.91 Å². The molecule has 2 aromatic rings. The van der Waals surface area contributed by atoms with Gasteiger partial charge in [-0.1, -0.05) is 6.07 Å². The highest BCUT2D eigenvalue weighted by Gasteiger charge is 2.46. The number of amides is 1. The standard InChI is InChI=1S/C20H25FN4O2/c1-23-12-15(11-22-23)5-8-25-17-6-7-24(18(17)10-20(25)26)13-14-3-4-19(27-2)16(21)9-14/h3-4,9,11-12,17-18H,5-8,10,13H2,1-2H3/t17-,18-/m0/s1. The third-order valence-electron chi connectivity index (χ3n) is 5.73. The third kappa shape index (κ3) is 3.56. The van der Waals surface area contributed by atoms with Crippen molar-refractivity contribution in [2.75, 3.05) is 20.2 Å². The lowest BCUT2D eigenvalue weighted by atomic mass is 10.1. The maximum atomic E-state index is 14.0. The number of likely N-dealkylation sites (tertiary alicyclic amines) is 2. The molecule has 4 rings (SSSR count). The van der Waals surface area contributed by atoms with Gasteiger partial charge >= 0.3 is 0 Å². The van der Waals surface area contributed by atoms with E-state index in [9.17, 15) is 9.18 Å². The second kappa shape index (κ2) is 7.31. The Hall–Kier alpha value is -2.41. The summed E-state index contributed by atoms with van der Waals surface area (Å²) in [6, 6.07) is 5.57. The molecule has 1 aromatic heterocycles. The van der Waals surface area contributed by atoms with Crippen LogP contribution in [0.25, 0.3) is 0 Å². The summed E-state index contributed by atoms with van der Waals surface area (Å²) in [4.78, 5) is 16.9. The van der Waals surface area contributed by atoms with Crippen LogP contribution in [-0.4, -0.2) is 57.8 Å². The average molecular weight is 372 g/mol. The molecule has 27 heavy (non-hydrogen) atoms. The number of hydrogen-bond donors (Lipinski definition) is 0. The number of carbonyl (C=O) groups is 1. The summed E-state index contributed by atoms with van der Waals surface area (Å²) in [5, 5.41) is 4.19. The molecule has 0 bridgehead atoms. The van der Waals surface area contributed by atoms with Crippen molar-refractivity contribution in [1.29, 1.82) is 0 Å². The zero-order valence-electron chi connectivity index (χ0n) is 15.8. The lowest BCUT2D eigenvalue weighted by Crippen LogP contribution is -2.38. The highest BCUT2D eigenvalue weighted by molar-refractivity contribution is 5.80. The van der Waals surface area contributed by atoms with Crippen LogP contribution in [0.3, 0.4) is 0 Å². The van der Waals surface area contributed by atoms with Crippen LogP contribution in [0.2, 0.25) is 0 Å². The van der Waals surface area contributed by atoms with E-state index in [2.05, 4.69) is 10.00 Å². The van der Waals surface area contributed by atoms with Crippen LogP contribution in [-0.2, 0) is 24.8 Å². The van der Waals surface area contributed by atoms with Gasteiger partial charge in [0.2, 0.25) is 5.91 Å². The molecule has 0 aliphatic carbocycles. The molecular formula is C20H25FN4O2. The SMILES string of the molecule is COc1ccc(CN2CC[C@H]3[C@@H]2CC(=O)N3CCc2cnn(C)c2)cc1F. The minimum Gasteiger partial charge on any atom is -0.494 e. The molecule has 2 saturated heterocycles. The highest BCUT2D eigenvalue weighted by atomic mass is 19.1. The van der Waals surface area contributed by atoms with Crippen molar-refractivity contribution in [3.63, 3.8) is 0 Å². The Balaban J connectivity index is 1.40. The van der Waals surface area contributed by atoms with Gasteiger partial charge in [0, 0.05) is 51.4 Å². The van der Waals surface area contributed by atoms with E-state index in [1.54, 1.807) is 10.7 Å². The van der Waals surface area contributed by atoms with Crippen LogP contribution in [0, 0.1) is 5.82 Å². The molecule has 0 saturated carbocycles. The molecule has 2 aliphatic heterocycles. The number of fused-ring (bicyclic) bond motifs is 1. The first-order chi connectivity index (χ1) is 13.0. The van der Waals surface area contributed by atoms with Crippen LogP contribution in [0.4, 0.5) is 4.39 Å². The van der Waals surface area contributed by atoms with Crippen molar-refractivity contribution < 1.29 is 13.9 Å². The Morgan fingerprint density at radius 3 is 2.85 bits per heavy atom. The summed E-state index contributed by atoms with van der Waals surface area (Å²) in [6.45, 7) is 2.32. The fraction of sp³-hybridized carbons (Fsp3) is 0.500. The number of ether oxygens (including phenoxy) is 1. The van der Waals surface area contributed by atoms with E-state index < -0.39 is 0 Å². The first-order valence-electron chi connectivity index (χ1n) is 9.38. The molecule has 1 amide bonds. The third-order valence-corrected chi connectivity index (χ3v) is 5.73. The van der Waals surface area contributed by atoms with E-state index in [4.69, 9.17) is 4.74 Å². The van der Waals surface area contributed by atoms with Gasteiger partial charge in [0.1, 0.15) is 0 Å². The van der Waals surface area contributed by atoms with Gasteiger partial charge in [0.15, 0.2) is 11.6 Å². The Morgan fingerprint density at radius 1 is 1.30 bits per heavy atom. The molecule has 0 spiro atoms. The lowest BCUT2D eigenvalue weighted by molar-refractivity contribution is -0.129. The summed E-state index contributed by atoms with van der Waals surface area (Å²) >= 11 is 0. The van der Waals surface area contributed by atoms with Gasteiger partial charge in [0.25, 0.3) is 0 Å². The maximum Gasteiger partial charge on any atom is 0.224 e. The quantitative estimate of drug-likeness (QED) is 0.778. The van der Waals surface area contributed by atoms with Gasteiger partial charge in [0.05, 0.1) is 13.3 Å². The lowest BCUT2D eigenvalue weighted by Gasteiger charge is -2.25. The van der Waals surface area contributed by atoms with E-state index in [0.717, 1.165) is 37.1 Å². The zero-order valence-corrected chi connectivity index (χ0v) is 15.8. The fourth-order valence-electron chi connectivity index (χ4n) is 4.39. The molecule has 1 aromatic carbocycles. The zero-order chi connectivity index (χ0) is 19.0. The number of rotatable bonds is 6. The number of carbonyl (C=O) groups excluding carboxylic acids is 1. The largest absolute Gasteiger partial charge is 0.494 e. The summed E-state index contributed by atoms with van der Waals surface area (Å²) < 4.78 is 20.7. The topological polar surface area (TPSA) is 50.6 Å². The van der Waals surface area contributed by atoms with Gasteiger partial charge in [-0.25, -0.2) is 4.39 Å². The molecule has 2 aliphatic rings. The van der Waals surface area contributed by atoms with E-state index in [-0.39, 0.29) is 29.6 Å². The van der Waals surface area contributed by atoms with Crippen molar-refractivity contribution in [3.8, 4) is 5.75 Å². The second-order valence-electron chi connectivity index (χ2n) is 7.43. The Bertz CT molecular complexity index is 837. The normalized spacial score (nSPS) is 22.5. The smallest absolute Gasteiger partial charge is 0.224 e. The van der Waals surface area contributed by atoms with E-state index in [1.165, 1.54) is 13.2 Å². The average Bonchev–Trinajstić information content (AvgIpc) is 3.30. The number of halogens is 1. The Kier molecular flexibility index (Phi) is 4.86. The van der Waals surface area contributed by atoms with Crippen molar-refractivity contribution in [1.82, 2.24) is 19.6 Å². The molecule has 3 heterocycles.